The molecule has 1 heterocycles. The minimum absolute atomic E-state index is 0.307. The van der Waals surface area contributed by atoms with Gasteiger partial charge in [-0.05, 0) is 56.2 Å². The molecule has 2 N–H and O–H groups in total. The Morgan fingerprint density at radius 2 is 1.77 bits per heavy atom. The highest BCUT2D eigenvalue weighted by atomic mass is 16.1. The predicted octanol–water partition coefficient (Wildman–Crippen LogP) is 5.94. The largest absolute Gasteiger partial charge is 0.378 e. The average molecular weight is 410 g/mol. The lowest BCUT2D eigenvalue weighted by Crippen LogP contribution is -2.18. The first-order valence-electron chi connectivity index (χ1n) is 11.7. The number of unbranched alkanes of at least 4 members (excludes halogenated alkanes) is 2. The first-order valence-corrected chi connectivity index (χ1v) is 11.7. The van der Waals surface area contributed by atoms with Crippen molar-refractivity contribution in [2.45, 2.75) is 78.2 Å². The smallest absolute Gasteiger partial charge is 0.251 e. The average Bonchev–Trinajstić information content (AvgIpc) is 3.01. The van der Waals surface area contributed by atoms with Crippen LogP contribution in [0.5, 0.6) is 0 Å². The summed E-state index contributed by atoms with van der Waals surface area (Å²) in [5.41, 5.74) is 12.3. The molecule has 1 amide bonds. The summed E-state index contributed by atoms with van der Waals surface area (Å²) in [7, 11) is 4.09. The summed E-state index contributed by atoms with van der Waals surface area (Å²) in [4.78, 5) is 14.7. The van der Waals surface area contributed by atoms with Gasteiger partial charge in [0.25, 0.3) is 5.91 Å². The maximum absolute atomic E-state index is 12.6. The van der Waals surface area contributed by atoms with Crippen LogP contribution in [0, 0.1) is 12.8 Å². The van der Waals surface area contributed by atoms with Crippen LogP contribution in [0.15, 0.2) is 24.3 Å². The molecule has 0 atom stereocenters. The van der Waals surface area contributed by atoms with Crippen molar-refractivity contribution in [3.05, 3.63) is 41.2 Å². The molecule has 4 heteroatoms. The topological polar surface area (TPSA) is 51.3 Å². The molecule has 0 saturated heterocycles. The van der Waals surface area contributed by atoms with Crippen LogP contribution >= 0.6 is 0 Å². The van der Waals surface area contributed by atoms with Crippen LogP contribution < -0.4 is 10.6 Å². The minimum Gasteiger partial charge on any atom is -0.378 e. The number of aromatic nitrogens is 1. The summed E-state index contributed by atoms with van der Waals surface area (Å²) in [5.74, 6) is 0.401. The van der Waals surface area contributed by atoms with Gasteiger partial charge in [-0.1, -0.05) is 51.2 Å². The van der Waals surface area contributed by atoms with E-state index in [1.54, 1.807) is 0 Å². The van der Waals surface area contributed by atoms with E-state index in [0.717, 1.165) is 47.5 Å². The number of hydrogen-bond donors (Lipinski definition) is 1. The number of hydrogen-bond acceptors (Lipinski definition) is 2. The van der Waals surface area contributed by atoms with Crippen LogP contribution in [-0.4, -0.2) is 24.6 Å². The van der Waals surface area contributed by atoms with Crippen molar-refractivity contribution in [1.82, 2.24) is 4.57 Å². The molecule has 1 fully saturated rings. The van der Waals surface area contributed by atoms with Crippen LogP contribution in [0.1, 0.15) is 80.0 Å². The summed E-state index contributed by atoms with van der Waals surface area (Å²) in [6, 6.07) is 8.54. The molecular weight excluding hydrogens is 370 g/mol. The van der Waals surface area contributed by atoms with Gasteiger partial charge in [-0.3, -0.25) is 4.79 Å². The van der Waals surface area contributed by atoms with E-state index in [1.807, 2.05) is 14.1 Å². The fourth-order valence-electron chi connectivity index (χ4n) is 5.01. The number of anilines is 1. The maximum Gasteiger partial charge on any atom is 0.251 e. The Kier molecular flexibility index (Phi) is 7.63. The molecule has 0 bridgehead atoms. The second kappa shape index (κ2) is 10.2. The highest BCUT2D eigenvalue weighted by molar-refractivity contribution is 6.02. The van der Waals surface area contributed by atoms with E-state index in [1.165, 1.54) is 50.6 Å². The van der Waals surface area contributed by atoms with Crippen LogP contribution in [-0.2, 0) is 13.0 Å². The second-order valence-electron chi connectivity index (χ2n) is 9.16. The van der Waals surface area contributed by atoms with Gasteiger partial charge in [-0.15, -0.1) is 0 Å². The molecule has 164 valence electrons. The van der Waals surface area contributed by atoms with Crippen molar-refractivity contribution in [1.29, 1.82) is 0 Å². The van der Waals surface area contributed by atoms with Gasteiger partial charge in [0.2, 0.25) is 0 Å². The number of rotatable bonds is 9. The van der Waals surface area contributed by atoms with Crippen molar-refractivity contribution in [2.24, 2.45) is 11.7 Å². The number of primary amides is 1. The third-order valence-corrected chi connectivity index (χ3v) is 6.73. The number of carbonyl (C=O) groups excluding carboxylic acids is 1. The normalized spacial score (nSPS) is 14.8. The van der Waals surface area contributed by atoms with Crippen molar-refractivity contribution in [3.8, 4) is 11.1 Å². The fraction of sp³-hybridized carbons (Fsp3) is 0.577. The Bertz CT molecular complexity index is 842. The van der Waals surface area contributed by atoms with Crippen LogP contribution in [0.2, 0.25) is 0 Å². The van der Waals surface area contributed by atoms with Gasteiger partial charge in [0, 0.05) is 43.3 Å². The first kappa shape index (κ1) is 22.5. The molecule has 0 spiro atoms. The van der Waals surface area contributed by atoms with Crippen molar-refractivity contribution in [2.75, 3.05) is 19.0 Å². The quantitative estimate of drug-likeness (QED) is 0.521. The Morgan fingerprint density at radius 1 is 1.10 bits per heavy atom. The zero-order valence-corrected chi connectivity index (χ0v) is 19.3. The number of nitrogens with zero attached hydrogens (tertiary/aromatic N) is 2. The molecular formula is C26H39N3O. The van der Waals surface area contributed by atoms with E-state index in [2.05, 4.69) is 47.6 Å². The highest BCUT2D eigenvalue weighted by Crippen LogP contribution is 2.36. The zero-order valence-electron chi connectivity index (χ0n) is 19.3. The third kappa shape index (κ3) is 4.91. The van der Waals surface area contributed by atoms with E-state index in [-0.39, 0.29) is 5.91 Å². The van der Waals surface area contributed by atoms with Gasteiger partial charge in [0.1, 0.15) is 0 Å². The van der Waals surface area contributed by atoms with E-state index in [9.17, 15) is 4.79 Å². The Balaban J connectivity index is 2.09. The molecule has 30 heavy (non-hydrogen) atoms. The maximum atomic E-state index is 12.6. The van der Waals surface area contributed by atoms with Gasteiger partial charge < -0.3 is 15.2 Å². The number of carbonyl (C=O) groups is 1. The summed E-state index contributed by atoms with van der Waals surface area (Å²) >= 11 is 0. The van der Waals surface area contributed by atoms with Gasteiger partial charge >= 0.3 is 0 Å². The Hall–Kier alpha value is -2.23. The van der Waals surface area contributed by atoms with Crippen LogP contribution in [0.4, 0.5) is 5.69 Å². The first-order chi connectivity index (χ1) is 14.4. The molecule has 1 saturated carbocycles. The van der Waals surface area contributed by atoms with Gasteiger partial charge in [0.05, 0.1) is 5.56 Å². The lowest BCUT2D eigenvalue weighted by atomic mass is 9.89. The van der Waals surface area contributed by atoms with Crippen molar-refractivity contribution in [3.63, 3.8) is 0 Å². The molecule has 0 aliphatic heterocycles. The summed E-state index contributed by atoms with van der Waals surface area (Å²) < 4.78 is 2.45. The lowest BCUT2D eigenvalue weighted by molar-refractivity contribution is 0.1000. The molecule has 2 aromatic rings. The third-order valence-electron chi connectivity index (χ3n) is 6.73. The molecule has 1 aromatic heterocycles. The Morgan fingerprint density at radius 3 is 2.33 bits per heavy atom. The number of amides is 1. The summed E-state index contributed by atoms with van der Waals surface area (Å²) in [6.45, 7) is 5.34. The van der Waals surface area contributed by atoms with Crippen molar-refractivity contribution < 1.29 is 4.79 Å². The number of benzene rings is 1. The number of nitrogens with two attached hydrogens (primary N) is 1. The fourth-order valence-corrected chi connectivity index (χ4v) is 5.01. The predicted molar refractivity (Wildman–Crippen MR) is 127 cm³/mol. The van der Waals surface area contributed by atoms with Crippen molar-refractivity contribution >= 4 is 11.6 Å². The Labute approximate surface area is 182 Å². The SMILES string of the molecule is CCCCCc1c(-c2ccc(N(C)C)cc2)c(C(N)=O)c(C)n1CC1CCCCC1. The van der Waals surface area contributed by atoms with Crippen LogP contribution in [0.25, 0.3) is 11.1 Å². The molecule has 1 aliphatic rings. The lowest BCUT2D eigenvalue weighted by Gasteiger charge is -2.24. The van der Waals surface area contributed by atoms with Gasteiger partial charge in [-0.25, -0.2) is 0 Å². The molecule has 1 aliphatic carbocycles. The minimum atomic E-state index is -0.307. The van der Waals surface area contributed by atoms with E-state index < -0.39 is 0 Å². The zero-order chi connectivity index (χ0) is 21.7. The monoisotopic (exact) mass is 409 g/mol. The summed E-state index contributed by atoms with van der Waals surface area (Å²) in [6.07, 6.45) is 11.2. The van der Waals surface area contributed by atoms with Crippen LogP contribution in [0.3, 0.4) is 0 Å². The molecule has 0 radical (unpaired) electrons. The summed E-state index contributed by atoms with van der Waals surface area (Å²) in [5, 5.41) is 0. The van der Waals surface area contributed by atoms with Gasteiger partial charge in [0.15, 0.2) is 0 Å². The molecule has 3 rings (SSSR count). The molecule has 0 unspecified atom stereocenters. The highest BCUT2D eigenvalue weighted by Gasteiger charge is 2.26. The van der Waals surface area contributed by atoms with Gasteiger partial charge in [-0.2, -0.15) is 0 Å². The standard InChI is InChI=1S/C26H39N3O/c1-5-6-8-13-23-25(21-14-16-22(17-15-21)28(3)4)24(26(27)30)19(2)29(23)18-20-11-9-7-10-12-20/h14-17,20H,5-13,18H2,1-4H3,(H2,27,30). The van der Waals surface area contributed by atoms with E-state index in [4.69, 9.17) is 5.73 Å². The molecule has 4 nitrogen and oxygen atoms in total. The van der Waals surface area contributed by atoms with E-state index >= 15 is 0 Å². The second-order valence-corrected chi connectivity index (χ2v) is 9.16. The molecule has 1 aromatic carbocycles. The van der Waals surface area contributed by atoms with E-state index in [0.29, 0.717) is 5.92 Å².